The molecule has 2 fully saturated rings. The van der Waals surface area contributed by atoms with Gasteiger partial charge in [0.1, 0.15) is 0 Å². The molecule has 1 heterocycles. The monoisotopic (exact) mass is 272 g/mol. The predicted octanol–water partition coefficient (Wildman–Crippen LogP) is 3.22. The van der Waals surface area contributed by atoms with Crippen molar-refractivity contribution < 1.29 is 0 Å². The fourth-order valence-corrected chi connectivity index (χ4v) is 4.22. The lowest BCUT2D eigenvalue weighted by Gasteiger charge is -2.50. The fourth-order valence-electron chi connectivity index (χ4n) is 4.22. The van der Waals surface area contributed by atoms with Crippen LogP contribution in [0.5, 0.6) is 0 Å². The quantitative estimate of drug-likeness (QED) is 0.909. The first-order chi connectivity index (χ1) is 9.70. The summed E-state index contributed by atoms with van der Waals surface area (Å²) in [6.45, 7) is 7.12. The van der Waals surface area contributed by atoms with Crippen LogP contribution >= 0.6 is 0 Å². The third kappa shape index (κ3) is 2.77. The zero-order valence-electron chi connectivity index (χ0n) is 12.9. The van der Waals surface area contributed by atoms with E-state index < -0.39 is 0 Å². The average molecular weight is 272 g/mol. The highest BCUT2D eigenvalue weighted by Gasteiger charge is 2.44. The maximum atomic E-state index is 3.84. The summed E-state index contributed by atoms with van der Waals surface area (Å²) in [6.07, 6.45) is 6.75. The lowest BCUT2D eigenvalue weighted by molar-refractivity contribution is 0.0167. The van der Waals surface area contributed by atoms with Crippen LogP contribution in [0.15, 0.2) is 30.3 Å². The molecule has 1 N–H and O–H groups in total. The Morgan fingerprint density at radius 2 is 1.90 bits per heavy atom. The Balaban J connectivity index is 1.69. The molecular formula is C18H28N2. The van der Waals surface area contributed by atoms with Gasteiger partial charge in [-0.2, -0.15) is 0 Å². The van der Waals surface area contributed by atoms with E-state index in [0.29, 0.717) is 17.6 Å². The minimum atomic E-state index is 0.460. The van der Waals surface area contributed by atoms with E-state index in [-0.39, 0.29) is 0 Å². The third-order valence-electron chi connectivity index (χ3n) is 5.23. The van der Waals surface area contributed by atoms with Gasteiger partial charge in [0, 0.05) is 30.7 Å². The topological polar surface area (TPSA) is 15.3 Å². The van der Waals surface area contributed by atoms with Crippen molar-refractivity contribution in [2.75, 3.05) is 13.1 Å². The lowest BCUT2D eigenvalue weighted by Crippen LogP contribution is -2.65. The molecule has 2 nitrogen and oxygen atoms in total. The molecule has 110 valence electrons. The second-order valence-electron chi connectivity index (χ2n) is 6.95. The van der Waals surface area contributed by atoms with E-state index in [2.05, 4.69) is 54.4 Å². The number of hydrogen-bond acceptors (Lipinski definition) is 2. The molecule has 3 rings (SSSR count). The van der Waals surface area contributed by atoms with Crippen molar-refractivity contribution in [3.05, 3.63) is 35.9 Å². The zero-order chi connectivity index (χ0) is 14.0. The number of piperazine rings is 1. The lowest BCUT2D eigenvalue weighted by atomic mass is 9.88. The molecule has 1 spiro atoms. The van der Waals surface area contributed by atoms with Crippen LogP contribution in [0.3, 0.4) is 0 Å². The first kappa shape index (κ1) is 14.1. The minimum absolute atomic E-state index is 0.460. The Morgan fingerprint density at radius 3 is 2.55 bits per heavy atom. The summed E-state index contributed by atoms with van der Waals surface area (Å²) < 4.78 is 0. The van der Waals surface area contributed by atoms with Crippen LogP contribution in [-0.2, 0) is 6.42 Å². The highest BCUT2D eigenvalue weighted by Crippen LogP contribution is 2.38. The van der Waals surface area contributed by atoms with Crippen molar-refractivity contribution in [3.63, 3.8) is 0 Å². The molecule has 0 aromatic heterocycles. The van der Waals surface area contributed by atoms with Crippen LogP contribution in [0.2, 0.25) is 0 Å². The molecule has 1 aliphatic carbocycles. The molecule has 1 aromatic carbocycles. The first-order valence-corrected chi connectivity index (χ1v) is 8.24. The molecule has 0 radical (unpaired) electrons. The number of nitrogens with one attached hydrogen (secondary N) is 1. The van der Waals surface area contributed by atoms with E-state index >= 15 is 0 Å². The summed E-state index contributed by atoms with van der Waals surface area (Å²) in [5, 5.41) is 3.84. The number of rotatable bonds is 3. The van der Waals surface area contributed by atoms with Crippen LogP contribution in [0.1, 0.15) is 45.1 Å². The molecule has 2 aliphatic rings. The summed E-state index contributed by atoms with van der Waals surface area (Å²) in [6, 6.07) is 12.2. The Hall–Kier alpha value is -0.860. The van der Waals surface area contributed by atoms with Crippen molar-refractivity contribution in [2.45, 2.75) is 63.6 Å². The van der Waals surface area contributed by atoms with Crippen LogP contribution in [0.4, 0.5) is 0 Å². The molecule has 20 heavy (non-hydrogen) atoms. The average Bonchev–Trinajstić information content (AvgIpc) is 2.91. The van der Waals surface area contributed by atoms with Crippen molar-refractivity contribution in [1.82, 2.24) is 10.2 Å². The van der Waals surface area contributed by atoms with Gasteiger partial charge < -0.3 is 5.32 Å². The maximum Gasteiger partial charge on any atom is 0.0337 e. The molecule has 1 aliphatic heterocycles. The molecular weight excluding hydrogens is 244 g/mol. The van der Waals surface area contributed by atoms with E-state index in [1.165, 1.54) is 44.3 Å². The Bertz CT molecular complexity index is 420. The number of nitrogens with zero attached hydrogens (tertiary/aromatic N) is 1. The highest BCUT2D eigenvalue weighted by atomic mass is 15.3. The van der Waals surface area contributed by atoms with Gasteiger partial charge in [-0.15, -0.1) is 0 Å². The van der Waals surface area contributed by atoms with Crippen molar-refractivity contribution in [1.29, 1.82) is 0 Å². The molecule has 1 saturated carbocycles. The standard InChI is InChI=1S/C18H28N2/c1-15(2)20-13-17(12-16-8-4-3-5-9-16)19-14-18(20)10-6-7-11-18/h3-5,8-9,15,17,19H,6-7,10-14H2,1-2H3. The highest BCUT2D eigenvalue weighted by molar-refractivity contribution is 5.17. The van der Waals surface area contributed by atoms with Gasteiger partial charge in [-0.1, -0.05) is 43.2 Å². The number of hydrogen-bond donors (Lipinski definition) is 1. The molecule has 1 unspecified atom stereocenters. The number of benzene rings is 1. The first-order valence-electron chi connectivity index (χ1n) is 8.24. The maximum absolute atomic E-state index is 3.84. The SMILES string of the molecule is CC(C)N1CC(Cc2ccccc2)NCC12CCCC2. The van der Waals surface area contributed by atoms with Gasteiger partial charge in [0.15, 0.2) is 0 Å². The Labute approximate surface area is 123 Å². The Morgan fingerprint density at radius 1 is 1.20 bits per heavy atom. The van der Waals surface area contributed by atoms with E-state index in [9.17, 15) is 0 Å². The van der Waals surface area contributed by atoms with E-state index in [1.54, 1.807) is 0 Å². The van der Waals surface area contributed by atoms with Gasteiger partial charge in [-0.25, -0.2) is 0 Å². The molecule has 1 atom stereocenters. The van der Waals surface area contributed by atoms with Crippen LogP contribution in [-0.4, -0.2) is 35.6 Å². The van der Waals surface area contributed by atoms with Gasteiger partial charge in [-0.05, 0) is 38.7 Å². The largest absolute Gasteiger partial charge is 0.311 e. The molecule has 2 heteroatoms. The zero-order valence-corrected chi connectivity index (χ0v) is 12.9. The summed E-state index contributed by atoms with van der Waals surface area (Å²) in [5.41, 5.74) is 1.91. The molecule has 0 amide bonds. The second kappa shape index (κ2) is 5.87. The third-order valence-corrected chi connectivity index (χ3v) is 5.23. The van der Waals surface area contributed by atoms with Crippen LogP contribution in [0, 0.1) is 0 Å². The molecule has 1 saturated heterocycles. The van der Waals surface area contributed by atoms with Gasteiger partial charge >= 0.3 is 0 Å². The molecule has 1 aromatic rings. The van der Waals surface area contributed by atoms with Gasteiger partial charge in [0.2, 0.25) is 0 Å². The van der Waals surface area contributed by atoms with Crippen molar-refractivity contribution >= 4 is 0 Å². The minimum Gasteiger partial charge on any atom is -0.311 e. The predicted molar refractivity (Wildman–Crippen MR) is 85.0 cm³/mol. The molecule has 0 bridgehead atoms. The Kier molecular flexibility index (Phi) is 4.13. The van der Waals surface area contributed by atoms with Crippen molar-refractivity contribution in [2.24, 2.45) is 0 Å². The summed E-state index contributed by atoms with van der Waals surface area (Å²) in [7, 11) is 0. The smallest absolute Gasteiger partial charge is 0.0337 e. The van der Waals surface area contributed by atoms with Gasteiger partial charge in [0.25, 0.3) is 0 Å². The van der Waals surface area contributed by atoms with Crippen LogP contribution in [0.25, 0.3) is 0 Å². The normalized spacial score (nSPS) is 26.4. The van der Waals surface area contributed by atoms with Gasteiger partial charge in [-0.3, -0.25) is 4.90 Å². The van der Waals surface area contributed by atoms with E-state index in [0.717, 1.165) is 6.42 Å². The van der Waals surface area contributed by atoms with E-state index in [4.69, 9.17) is 0 Å². The summed E-state index contributed by atoms with van der Waals surface area (Å²) in [4.78, 5) is 2.80. The summed E-state index contributed by atoms with van der Waals surface area (Å²) in [5.74, 6) is 0. The summed E-state index contributed by atoms with van der Waals surface area (Å²) >= 11 is 0. The van der Waals surface area contributed by atoms with Gasteiger partial charge in [0.05, 0.1) is 0 Å². The second-order valence-corrected chi connectivity index (χ2v) is 6.95. The van der Waals surface area contributed by atoms with E-state index in [1.807, 2.05) is 0 Å². The van der Waals surface area contributed by atoms with Crippen LogP contribution < -0.4 is 5.32 Å². The van der Waals surface area contributed by atoms with Crippen molar-refractivity contribution in [3.8, 4) is 0 Å². The fraction of sp³-hybridized carbons (Fsp3) is 0.667.